The second kappa shape index (κ2) is 68.3. The fourth-order valence-corrected chi connectivity index (χ4v) is 17.9. The molecule has 0 radical (unpaired) electrons. The lowest BCUT2D eigenvalue weighted by Gasteiger charge is -2.52. The molecule has 0 aromatic heterocycles. The molecule has 798 valence electrons. The summed E-state index contributed by atoms with van der Waals surface area (Å²) in [5, 5.41) is 29.1. The average molecular weight is 2060 g/mol. The Morgan fingerprint density at radius 2 is 0.539 bits per heavy atom. The van der Waals surface area contributed by atoms with Crippen LogP contribution < -0.4 is 58.0 Å². The lowest BCUT2D eigenvalue weighted by Crippen LogP contribution is -2.61. The molecule has 3 aromatic rings. The molecule has 1 heterocycles. The van der Waals surface area contributed by atoms with Crippen molar-refractivity contribution < 1.29 is 156 Å². The highest BCUT2D eigenvalue weighted by Crippen LogP contribution is 2.52. The molecule has 1 aliphatic heterocycles. The molecule has 3 aromatic carbocycles. The summed E-state index contributed by atoms with van der Waals surface area (Å²) in [5.74, 6) is -4.21. The Hall–Kier alpha value is -10.9. The molecular formula is C90H134F15N16O19P. The number of piperazine rings is 1. The van der Waals surface area contributed by atoms with Crippen molar-refractivity contribution in [3.8, 4) is 0 Å². The van der Waals surface area contributed by atoms with Crippen molar-refractivity contribution in [2.24, 2.45) is 15.0 Å². The second-order valence-electron chi connectivity index (χ2n) is 32.8. The third kappa shape index (κ3) is 55.9. The quantitative estimate of drug-likeness (QED) is 0.00365. The maximum absolute atomic E-state index is 18.4. The van der Waals surface area contributed by atoms with Gasteiger partial charge in [0.05, 0.1) is 45.2 Å². The third-order valence-electron chi connectivity index (χ3n) is 22.0. The molecular weight excluding hydrogens is 1930 g/mol. The first-order chi connectivity index (χ1) is 67.2. The maximum Gasteiger partial charge on any atom is 0.573 e. The average Bonchev–Trinajstić information content (AvgIpc) is 0.729. The van der Waals surface area contributed by atoms with Gasteiger partial charge in [-0.1, -0.05) is 168 Å². The van der Waals surface area contributed by atoms with E-state index in [1.165, 1.54) is 0 Å². The van der Waals surface area contributed by atoms with Crippen LogP contribution in [0.3, 0.4) is 0 Å². The van der Waals surface area contributed by atoms with Gasteiger partial charge in [0.15, 0.2) is 19.2 Å². The minimum absolute atomic E-state index is 0.00265. The van der Waals surface area contributed by atoms with Gasteiger partial charge < -0.3 is 90.5 Å². The minimum atomic E-state index is -5.09. The number of unbranched alkanes of at least 4 members (excludes halogenated alkanes) is 18. The Balaban J connectivity index is 2.00. The Kier molecular flexibility index (Phi) is 59.3. The third-order valence-corrected chi connectivity index (χ3v) is 24.8. The number of carbonyl (C=O) groups is 9. The minimum Gasteiger partial charge on any atom is -0.449 e. The highest BCUT2D eigenvalue weighted by Gasteiger charge is 2.51. The van der Waals surface area contributed by atoms with E-state index >= 15 is 4.57 Å². The highest BCUT2D eigenvalue weighted by molar-refractivity contribution is 7.57. The number of halogens is 15. The van der Waals surface area contributed by atoms with Gasteiger partial charge in [-0.3, -0.25) is 38.8 Å². The molecule has 0 bridgehead atoms. The Morgan fingerprint density at radius 1 is 0.312 bits per heavy atom. The van der Waals surface area contributed by atoms with Gasteiger partial charge in [-0.15, -0.1) is 39.5 Å². The fourth-order valence-electron chi connectivity index (χ4n) is 14.9. The number of nitrogens with zero attached hydrogens (tertiary/aromatic N) is 5. The first-order valence-electron chi connectivity index (χ1n) is 47.1. The smallest absolute Gasteiger partial charge is 0.449 e. The van der Waals surface area contributed by atoms with E-state index in [-0.39, 0.29) is 130 Å². The van der Waals surface area contributed by atoms with Gasteiger partial charge in [0.25, 0.3) is 7.59 Å². The predicted octanol–water partition coefficient (Wildman–Crippen LogP) is 16.2. The first kappa shape index (κ1) is 122. The van der Waals surface area contributed by atoms with Crippen LogP contribution >= 0.6 is 7.59 Å². The van der Waals surface area contributed by atoms with Gasteiger partial charge >= 0.3 is 79.8 Å². The molecule has 0 aliphatic carbocycles. The standard InChI is InChI=1S/C90H134F15N16O19P/c91-86(92,93)75(123)110-50-26-9-11-32-56-116-81(129)136-66-44-84(40-62-132-77(125)112-52-28-5-1-22-46-106-68-122,45-67-137-82(130)117-57-33-12-10-27-51-111-76(124)87(94,95)96)119-141(131,121-60-58-120(59-61-121)85(72-34-16-13-17-35-72,73-36-18-14-19-37-73)74-38-20-15-21-39-74)118-83(41-63-133-78(126)113-53-29-6-2-23-47-107-69-138-88(97,98)99,42-64-134-79(127)114-54-30-7-3-24-48-108-70-139-89(100,101)102)43-65-135-80(128)115-55-31-8-4-25-49-109-71-140-90(103,104)105/h13-21,34-39,68-71H,1-12,22-33,40-67H2,(H,106,122)(H,110,123)(H,111,124)(H,112,125)(H,113,126)(H,114,127)(H,115,128)(H,116,129)(H,117,130)(H2,118,119,131). The molecule has 51 heteroatoms. The van der Waals surface area contributed by atoms with E-state index in [0.717, 1.165) is 16.7 Å². The van der Waals surface area contributed by atoms with Crippen LogP contribution in [0.5, 0.6) is 0 Å². The molecule has 1 atom stereocenters. The van der Waals surface area contributed by atoms with Crippen molar-refractivity contribution in [3.63, 3.8) is 0 Å². The zero-order chi connectivity index (χ0) is 103. The molecule has 0 saturated carbocycles. The molecule has 9 amide bonds. The number of alkyl halides is 15. The molecule has 1 aliphatic rings. The first-order valence-corrected chi connectivity index (χ1v) is 48.8. The lowest BCUT2D eigenvalue weighted by molar-refractivity contribution is -0.281. The van der Waals surface area contributed by atoms with Gasteiger partial charge in [-0.05, 0) is 93.7 Å². The van der Waals surface area contributed by atoms with Crippen molar-refractivity contribution in [2.45, 2.75) is 241 Å². The summed E-state index contributed by atoms with van der Waals surface area (Å²) in [5.41, 5.74) is -2.40. The van der Waals surface area contributed by atoms with Gasteiger partial charge in [0, 0.05) is 154 Å². The van der Waals surface area contributed by atoms with Gasteiger partial charge in [-0.2, -0.15) is 26.3 Å². The summed E-state index contributed by atoms with van der Waals surface area (Å²) >= 11 is 0. The Labute approximate surface area is 809 Å². The molecule has 11 N–H and O–H groups in total. The van der Waals surface area contributed by atoms with Crippen LogP contribution in [0.15, 0.2) is 106 Å². The summed E-state index contributed by atoms with van der Waals surface area (Å²) in [6.07, 6.45) is -22.3. The van der Waals surface area contributed by atoms with Crippen LogP contribution in [0.4, 0.5) is 94.6 Å². The molecule has 1 unspecified atom stereocenters. The van der Waals surface area contributed by atoms with Crippen molar-refractivity contribution in [2.75, 3.05) is 144 Å². The number of hydrogen-bond donors (Lipinski definition) is 11. The fraction of sp³-hybridized carbons (Fsp3) is 0.667. The second-order valence-corrected chi connectivity index (χ2v) is 34.9. The summed E-state index contributed by atoms with van der Waals surface area (Å²) in [6, 6.07) is 28.7. The monoisotopic (exact) mass is 2060 g/mol. The topological polar surface area (TPSA) is 430 Å². The number of ether oxygens (including phenoxy) is 9. The number of amides is 9. The van der Waals surface area contributed by atoms with Crippen LogP contribution in [0, 0.1) is 0 Å². The molecule has 1 saturated heterocycles. The van der Waals surface area contributed by atoms with Crippen LogP contribution in [0.1, 0.15) is 209 Å². The Bertz CT molecular complexity index is 3850. The molecule has 0 spiro atoms. The lowest BCUT2D eigenvalue weighted by atomic mass is 9.75. The highest BCUT2D eigenvalue weighted by atomic mass is 31.2. The SMILES string of the molecule is O=CNCCCCCCNC(=O)OCCC(CCOC(=O)NCCCCCCNC(=O)C(F)(F)F)(CCOC(=O)NCCCCCCNC(=O)C(F)(F)F)NP(=O)(NC(CCOC(=O)NCCCCCCN=COC(F)(F)F)(CCOC(=O)NCCCCCCN=COC(F)(F)F)CCOC(=O)NCCCCCCN=COC(F)(F)F)N1CCN(C(c2ccccc2)(c2ccccc2)c2ccccc2)CC1. The number of aliphatic imine (C=N–C) groups is 3. The molecule has 1 fully saturated rings. The Morgan fingerprint density at radius 3 is 0.766 bits per heavy atom. The summed E-state index contributed by atoms with van der Waals surface area (Å²) in [6.45, 7) is -3.64. The van der Waals surface area contributed by atoms with E-state index in [1.54, 1.807) is 15.3 Å². The predicted molar refractivity (Wildman–Crippen MR) is 490 cm³/mol. The largest absolute Gasteiger partial charge is 0.573 e. The number of carbonyl (C=O) groups excluding carboxylic acids is 9. The molecule has 141 heavy (non-hydrogen) atoms. The molecule has 35 nitrogen and oxygen atoms in total. The number of rotatable bonds is 73. The van der Waals surface area contributed by atoms with Crippen molar-refractivity contribution in [3.05, 3.63) is 108 Å². The van der Waals surface area contributed by atoms with Crippen molar-refractivity contribution in [1.29, 1.82) is 0 Å². The zero-order valence-electron chi connectivity index (χ0n) is 78.8. The summed E-state index contributed by atoms with van der Waals surface area (Å²) in [4.78, 5) is 130. The van der Waals surface area contributed by atoms with Crippen LogP contribution in [-0.4, -0.2) is 270 Å². The van der Waals surface area contributed by atoms with Crippen LogP contribution in [0.25, 0.3) is 0 Å². The maximum atomic E-state index is 18.4. The number of hydrogen-bond acceptors (Lipinski definition) is 23. The van der Waals surface area contributed by atoms with Crippen molar-refractivity contribution in [1.82, 2.24) is 67.6 Å². The summed E-state index contributed by atoms with van der Waals surface area (Å²) < 4.78 is 256. The van der Waals surface area contributed by atoms with Gasteiger partial charge in [-0.25, -0.2) is 43.6 Å². The van der Waals surface area contributed by atoms with E-state index in [9.17, 15) is 109 Å². The molecule has 4 rings (SSSR count). The van der Waals surface area contributed by atoms with E-state index in [2.05, 4.69) is 81.5 Å². The zero-order valence-corrected chi connectivity index (χ0v) is 79.7. The van der Waals surface area contributed by atoms with Crippen LogP contribution in [-0.2, 0) is 67.1 Å². The number of alkyl carbamates (subject to hydrolysis) is 6. The normalized spacial score (nSPS) is 13.9. The van der Waals surface area contributed by atoms with E-state index in [0.29, 0.717) is 161 Å². The number of benzene rings is 3. The number of nitrogens with one attached hydrogen (secondary N) is 11. The van der Waals surface area contributed by atoms with Gasteiger partial charge in [0.1, 0.15) is 0 Å². The van der Waals surface area contributed by atoms with Gasteiger partial charge in [0.2, 0.25) is 6.41 Å². The van der Waals surface area contributed by atoms with E-state index < -0.39 is 176 Å². The summed E-state index contributed by atoms with van der Waals surface area (Å²) in [7, 11) is -4.99. The van der Waals surface area contributed by atoms with E-state index in [4.69, 9.17) is 28.4 Å². The van der Waals surface area contributed by atoms with E-state index in [1.807, 2.05) is 91.0 Å². The van der Waals surface area contributed by atoms with Crippen LogP contribution in [0.2, 0.25) is 0 Å². The van der Waals surface area contributed by atoms with Crippen molar-refractivity contribution >= 4 is 81.6 Å².